The van der Waals surface area contributed by atoms with Crippen molar-refractivity contribution in [2.75, 3.05) is 31.8 Å². The van der Waals surface area contributed by atoms with Crippen LogP contribution in [0.1, 0.15) is 24.1 Å². The number of ether oxygens (including phenoxy) is 2. The Hall–Kier alpha value is -2.38. The van der Waals surface area contributed by atoms with Gasteiger partial charge in [-0.15, -0.1) is 0 Å². The minimum Gasteiger partial charge on any atom is -0.497 e. The van der Waals surface area contributed by atoms with Crippen molar-refractivity contribution in [3.05, 3.63) is 45.9 Å². The van der Waals surface area contributed by atoms with E-state index in [-0.39, 0.29) is 11.7 Å². The lowest BCUT2D eigenvalue weighted by Gasteiger charge is -2.39. The van der Waals surface area contributed by atoms with Gasteiger partial charge in [0.2, 0.25) is 5.95 Å². The van der Waals surface area contributed by atoms with Gasteiger partial charge in [0.05, 0.1) is 26.6 Å². The van der Waals surface area contributed by atoms with Crippen LogP contribution >= 0.6 is 0 Å². The maximum Gasteiger partial charge on any atom is 0.259 e. The summed E-state index contributed by atoms with van der Waals surface area (Å²) in [5.74, 6) is 1.49. The summed E-state index contributed by atoms with van der Waals surface area (Å²) in [7, 11) is 1.65. The average Bonchev–Trinajstić information content (AvgIpc) is 3.19. The molecule has 7 nitrogen and oxygen atoms in total. The van der Waals surface area contributed by atoms with Gasteiger partial charge in [0.25, 0.3) is 5.56 Å². The number of methoxy groups -OCH3 is 1. The van der Waals surface area contributed by atoms with E-state index in [0.29, 0.717) is 24.8 Å². The Balaban J connectivity index is 1.72. The monoisotopic (exact) mass is 370 g/mol. The second kappa shape index (κ2) is 7.32. The zero-order valence-corrected chi connectivity index (χ0v) is 16.1. The molecule has 0 N–H and O–H groups in total. The predicted molar refractivity (Wildman–Crippen MR) is 104 cm³/mol. The molecule has 1 aromatic carbocycles. The summed E-state index contributed by atoms with van der Waals surface area (Å²) in [6.45, 7) is 6.58. The van der Waals surface area contributed by atoms with Gasteiger partial charge in [0, 0.05) is 30.1 Å². The number of rotatable bonds is 4. The fraction of sp³-hybridized carbons (Fsp3) is 0.500. The molecular formula is C20H26N4O3. The Morgan fingerprint density at radius 3 is 2.67 bits per heavy atom. The van der Waals surface area contributed by atoms with E-state index in [1.165, 1.54) is 0 Å². The highest BCUT2D eigenvalue weighted by Crippen LogP contribution is 2.29. The van der Waals surface area contributed by atoms with Gasteiger partial charge < -0.3 is 9.47 Å². The molecule has 1 unspecified atom stereocenters. The first-order chi connectivity index (χ1) is 13.1. The number of nitrogens with zero attached hydrogens (tertiary/aromatic N) is 4. The third-order valence-electron chi connectivity index (χ3n) is 5.41. The molecule has 1 aromatic heterocycles. The van der Waals surface area contributed by atoms with Crippen molar-refractivity contribution in [2.45, 2.75) is 39.5 Å². The van der Waals surface area contributed by atoms with Crippen molar-refractivity contribution in [1.82, 2.24) is 14.5 Å². The minimum atomic E-state index is 0.0213. The van der Waals surface area contributed by atoms with E-state index in [2.05, 4.69) is 9.80 Å². The lowest BCUT2D eigenvalue weighted by Crippen LogP contribution is -2.49. The second-order valence-corrected chi connectivity index (χ2v) is 7.25. The van der Waals surface area contributed by atoms with Crippen LogP contribution in [0.4, 0.5) is 11.6 Å². The van der Waals surface area contributed by atoms with Crippen molar-refractivity contribution in [3.8, 4) is 5.75 Å². The first-order valence-electron chi connectivity index (χ1n) is 9.40. The molecule has 0 radical (unpaired) electrons. The minimum absolute atomic E-state index is 0.0213. The smallest absolute Gasteiger partial charge is 0.259 e. The Morgan fingerprint density at radius 1 is 1.22 bits per heavy atom. The third-order valence-corrected chi connectivity index (χ3v) is 5.41. The van der Waals surface area contributed by atoms with Crippen LogP contribution in [0.15, 0.2) is 29.1 Å². The summed E-state index contributed by atoms with van der Waals surface area (Å²) in [4.78, 5) is 22.0. The highest BCUT2D eigenvalue weighted by atomic mass is 16.5. The number of anilines is 2. The number of aromatic nitrogens is 2. The van der Waals surface area contributed by atoms with Crippen molar-refractivity contribution in [1.29, 1.82) is 0 Å². The first kappa shape index (κ1) is 18.0. The molecule has 27 heavy (non-hydrogen) atoms. The van der Waals surface area contributed by atoms with Crippen molar-refractivity contribution in [3.63, 3.8) is 0 Å². The number of fused-ring (bicyclic) bond motifs is 1. The second-order valence-electron chi connectivity index (χ2n) is 7.25. The van der Waals surface area contributed by atoms with Gasteiger partial charge in [-0.3, -0.25) is 19.2 Å². The van der Waals surface area contributed by atoms with Crippen LogP contribution in [0.2, 0.25) is 0 Å². The molecule has 0 bridgehead atoms. The van der Waals surface area contributed by atoms with Crippen molar-refractivity contribution >= 4 is 11.6 Å². The molecule has 0 spiro atoms. The van der Waals surface area contributed by atoms with Gasteiger partial charge in [-0.1, -0.05) is 0 Å². The Morgan fingerprint density at radius 2 is 2.00 bits per heavy atom. The quantitative estimate of drug-likeness (QED) is 0.824. The van der Waals surface area contributed by atoms with Crippen LogP contribution in [0, 0.1) is 13.8 Å². The van der Waals surface area contributed by atoms with Crippen LogP contribution in [0.25, 0.3) is 0 Å². The zero-order chi connectivity index (χ0) is 19.0. The van der Waals surface area contributed by atoms with Crippen LogP contribution in [-0.2, 0) is 11.4 Å². The van der Waals surface area contributed by atoms with Gasteiger partial charge in [-0.25, -0.2) is 4.98 Å². The molecule has 1 fully saturated rings. The summed E-state index contributed by atoms with van der Waals surface area (Å²) in [5, 5.41) is 0. The van der Waals surface area contributed by atoms with E-state index in [4.69, 9.17) is 14.5 Å². The molecule has 1 atom stereocenters. The van der Waals surface area contributed by atoms with Crippen molar-refractivity contribution in [2.24, 2.45) is 0 Å². The maximum atomic E-state index is 12.9. The molecular weight excluding hydrogens is 344 g/mol. The number of aryl methyl sites for hydroxylation is 1. The van der Waals surface area contributed by atoms with Crippen LogP contribution in [0.3, 0.4) is 0 Å². The number of benzene rings is 1. The zero-order valence-electron chi connectivity index (χ0n) is 16.1. The molecule has 2 aliphatic rings. The summed E-state index contributed by atoms with van der Waals surface area (Å²) < 4.78 is 12.9. The average molecular weight is 370 g/mol. The van der Waals surface area contributed by atoms with Gasteiger partial charge in [0.15, 0.2) is 0 Å². The molecule has 0 amide bonds. The first-order valence-corrected chi connectivity index (χ1v) is 9.40. The molecule has 2 aromatic rings. The van der Waals surface area contributed by atoms with E-state index >= 15 is 0 Å². The Labute approximate surface area is 159 Å². The van der Waals surface area contributed by atoms with Gasteiger partial charge in [-0.05, 0) is 51.0 Å². The maximum absolute atomic E-state index is 12.9. The van der Waals surface area contributed by atoms with Crippen molar-refractivity contribution < 1.29 is 9.47 Å². The topological polar surface area (TPSA) is 59.8 Å². The van der Waals surface area contributed by atoms with Gasteiger partial charge in [0.1, 0.15) is 5.75 Å². The van der Waals surface area contributed by atoms with Gasteiger partial charge in [-0.2, -0.15) is 0 Å². The molecule has 2 aliphatic heterocycles. The highest BCUT2D eigenvalue weighted by molar-refractivity contribution is 5.59. The lowest BCUT2D eigenvalue weighted by atomic mass is 10.2. The highest BCUT2D eigenvalue weighted by Gasteiger charge is 2.29. The molecule has 144 valence electrons. The van der Waals surface area contributed by atoms with Crippen LogP contribution < -0.4 is 15.2 Å². The third kappa shape index (κ3) is 3.44. The summed E-state index contributed by atoms with van der Waals surface area (Å²) in [5.41, 5.74) is 2.48. The van der Waals surface area contributed by atoms with E-state index in [9.17, 15) is 4.79 Å². The SMILES string of the molecule is COc1ccc(N2CN(CC3CCCO3)Cn3c2nc(C)c(C)c3=O)cc1. The molecule has 3 heterocycles. The normalized spacial score (nSPS) is 20.0. The largest absolute Gasteiger partial charge is 0.497 e. The molecule has 0 aliphatic carbocycles. The van der Waals surface area contributed by atoms with E-state index in [1.807, 2.05) is 38.1 Å². The van der Waals surface area contributed by atoms with E-state index in [1.54, 1.807) is 11.7 Å². The molecule has 4 rings (SSSR count). The fourth-order valence-electron chi connectivity index (χ4n) is 3.73. The lowest BCUT2D eigenvalue weighted by molar-refractivity contribution is 0.0584. The van der Waals surface area contributed by atoms with Crippen LogP contribution in [0.5, 0.6) is 5.75 Å². The predicted octanol–water partition coefficient (Wildman–Crippen LogP) is 2.42. The summed E-state index contributed by atoms with van der Waals surface area (Å²) in [6.07, 6.45) is 2.42. The number of hydrogen-bond acceptors (Lipinski definition) is 6. The van der Waals surface area contributed by atoms with E-state index in [0.717, 1.165) is 43.1 Å². The molecule has 0 saturated carbocycles. The summed E-state index contributed by atoms with van der Waals surface area (Å²) >= 11 is 0. The van der Waals surface area contributed by atoms with E-state index < -0.39 is 0 Å². The van der Waals surface area contributed by atoms with Crippen LogP contribution in [-0.4, -0.2) is 47.5 Å². The Kier molecular flexibility index (Phi) is 4.88. The number of hydrogen-bond donors (Lipinski definition) is 0. The fourth-order valence-corrected chi connectivity index (χ4v) is 3.73. The summed E-state index contributed by atoms with van der Waals surface area (Å²) in [6, 6.07) is 7.86. The Bertz CT molecular complexity index is 872. The molecule has 1 saturated heterocycles. The molecule has 7 heteroatoms. The standard InChI is InChI=1S/C20H26N4O3/c1-14-15(2)21-20-23(16-6-8-17(26-3)9-7-16)12-22(13-24(20)19(14)25)11-18-5-4-10-27-18/h6-9,18H,4-5,10-13H2,1-3H3. The van der Waals surface area contributed by atoms with Gasteiger partial charge >= 0.3 is 0 Å².